The summed E-state index contributed by atoms with van der Waals surface area (Å²) in [5.74, 6) is -1.80. The molecule has 1 amide bonds. The number of rotatable bonds is 6. The fourth-order valence-corrected chi connectivity index (χ4v) is 4.49. The first-order valence-electron chi connectivity index (χ1n) is 11.0. The van der Waals surface area contributed by atoms with Crippen LogP contribution in [0.5, 0.6) is 0 Å². The zero-order valence-electron chi connectivity index (χ0n) is 18.4. The molecule has 166 valence electrons. The minimum atomic E-state index is -1.59. The molecule has 4 rings (SSSR count). The molecule has 0 fully saturated rings. The summed E-state index contributed by atoms with van der Waals surface area (Å²) in [4.78, 5) is 33.3. The number of carbonyl (C=O) groups excluding carboxylic acids is 2. The summed E-state index contributed by atoms with van der Waals surface area (Å²) in [5.41, 5.74) is 6.14. The zero-order chi connectivity index (χ0) is 22.7. The van der Waals surface area contributed by atoms with Gasteiger partial charge in [0.2, 0.25) is 0 Å². The predicted octanol–water partition coefficient (Wildman–Crippen LogP) is 3.79. The molecule has 0 saturated heterocycles. The van der Waals surface area contributed by atoms with Crippen molar-refractivity contribution in [2.45, 2.75) is 71.0 Å². The molecular weight excluding hydrogens is 408 g/mol. The summed E-state index contributed by atoms with van der Waals surface area (Å²) in [6, 6.07) is 4.24. The van der Waals surface area contributed by atoms with Crippen LogP contribution >= 0.6 is 0 Å². The molecule has 1 aromatic heterocycles. The van der Waals surface area contributed by atoms with Crippen molar-refractivity contribution in [2.75, 3.05) is 5.32 Å². The molecule has 8 nitrogen and oxygen atoms in total. The van der Waals surface area contributed by atoms with Gasteiger partial charge in [0.15, 0.2) is 0 Å². The standard InChI is InChI=1S/C24H26N4O4/c1-3-21(29)31-24(2,11-20-26-13-15(12-25)14-27-20)32-23(30)28-22-18-8-4-6-16(18)10-17-7-5-9-19(17)22/h10,13-14H,3-9,11H2,1-2H3,(H,28,30). The molecule has 1 heterocycles. The molecule has 2 aromatic rings. The van der Waals surface area contributed by atoms with Crippen molar-refractivity contribution in [2.24, 2.45) is 0 Å². The third kappa shape index (κ3) is 4.57. The van der Waals surface area contributed by atoms with E-state index in [1.165, 1.54) is 41.6 Å². The number of anilines is 1. The topological polar surface area (TPSA) is 114 Å². The highest BCUT2D eigenvalue weighted by molar-refractivity contribution is 5.88. The van der Waals surface area contributed by atoms with Gasteiger partial charge in [0.25, 0.3) is 5.79 Å². The average Bonchev–Trinajstić information content (AvgIpc) is 3.43. The summed E-state index contributed by atoms with van der Waals surface area (Å²) in [7, 11) is 0. The van der Waals surface area contributed by atoms with Crippen LogP contribution in [0.1, 0.15) is 66.8 Å². The van der Waals surface area contributed by atoms with Gasteiger partial charge in [0.1, 0.15) is 11.9 Å². The number of aryl methyl sites for hydroxylation is 2. The second kappa shape index (κ2) is 8.95. The van der Waals surface area contributed by atoms with Gasteiger partial charge in [0, 0.05) is 25.7 Å². The van der Waals surface area contributed by atoms with Gasteiger partial charge in [0.05, 0.1) is 17.7 Å². The van der Waals surface area contributed by atoms with E-state index in [4.69, 9.17) is 14.7 Å². The van der Waals surface area contributed by atoms with E-state index in [2.05, 4.69) is 21.4 Å². The van der Waals surface area contributed by atoms with Gasteiger partial charge >= 0.3 is 12.1 Å². The van der Waals surface area contributed by atoms with Crippen LogP contribution in [0.4, 0.5) is 10.5 Å². The minimum Gasteiger partial charge on any atom is -0.422 e. The van der Waals surface area contributed by atoms with Gasteiger partial charge in [-0.15, -0.1) is 0 Å². The SMILES string of the molecule is CCC(=O)OC(C)(Cc1ncc(C#N)cn1)OC(=O)Nc1c2c(cc3c1CCC3)CCC2. The lowest BCUT2D eigenvalue weighted by Crippen LogP contribution is -2.41. The number of aromatic nitrogens is 2. The Bertz CT molecular complexity index is 1060. The van der Waals surface area contributed by atoms with E-state index in [1.807, 2.05) is 6.07 Å². The van der Waals surface area contributed by atoms with E-state index in [-0.39, 0.29) is 12.8 Å². The van der Waals surface area contributed by atoms with Gasteiger partial charge in [-0.1, -0.05) is 13.0 Å². The number of nitrogens with zero attached hydrogens (tertiary/aromatic N) is 3. The van der Waals surface area contributed by atoms with Gasteiger partial charge in [-0.25, -0.2) is 14.8 Å². The van der Waals surface area contributed by atoms with Crippen molar-refractivity contribution in [1.29, 1.82) is 5.26 Å². The maximum atomic E-state index is 13.0. The Kier molecular flexibility index (Phi) is 6.08. The number of esters is 1. The molecule has 1 N–H and O–H groups in total. The van der Waals surface area contributed by atoms with E-state index in [0.717, 1.165) is 44.2 Å². The zero-order valence-corrected chi connectivity index (χ0v) is 18.4. The molecule has 0 saturated carbocycles. The first kappa shape index (κ1) is 21.8. The second-order valence-electron chi connectivity index (χ2n) is 8.39. The lowest BCUT2D eigenvalue weighted by Gasteiger charge is -2.29. The summed E-state index contributed by atoms with van der Waals surface area (Å²) in [6.07, 6.45) is 8.22. The molecule has 32 heavy (non-hydrogen) atoms. The van der Waals surface area contributed by atoms with Crippen LogP contribution in [0.25, 0.3) is 0 Å². The van der Waals surface area contributed by atoms with E-state index in [1.54, 1.807) is 6.92 Å². The Balaban J connectivity index is 1.55. The van der Waals surface area contributed by atoms with Crippen LogP contribution in [-0.4, -0.2) is 27.8 Å². The van der Waals surface area contributed by atoms with E-state index < -0.39 is 17.8 Å². The molecule has 0 aliphatic heterocycles. The quantitative estimate of drug-likeness (QED) is 0.543. The van der Waals surface area contributed by atoms with E-state index in [0.29, 0.717) is 11.4 Å². The lowest BCUT2D eigenvalue weighted by molar-refractivity contribution is -0.199. The summed E-state index contributed by atoms with van der Waals surface area (Å²) >= 11 is 0. The van der Waals surface area contributed by atoms with Crippen LogP contribution in [0.15, 0.2) is 18.5 Å². The third-order valence-electron chi connectivity index (χ3n) is 5.94. The number of ether oxygens (including phenoxy) is 2. The Morgan fingerprint density at radius 1 is 1.09 bits per heavy atom. The molecule has 1 atom stereocenters. The van der Waals surface area contributed by atoms with Crippen molar-refractivity contribution >= 4 is 17.7 Å². The first-order chi connectivity index (χ1) is 15.4. The van der Waals surface area contributed by atoms with E-state index in [9.17, 15) is 9.59 Å². The maximum Gasteiger partial charge on any atom is 0.414 e. The van der Waals surface area contributed by atoms with Gasteiger partial charge in [-0.3, -0.25) is 10.1 Å². The molecule has 2 aliphatic rings. The number of carbonyl (C=O) groups is 2. The first-order valence-corrected chi connectivity index (χ1v) is 11.0. The largest absolute Gasteiger partial charge is 0.422 e. The molecule has 1 aromatic carbocycles. The van der Waals surface area contributed by atoms with Crippen LogP contribution < -0.4 is 5.32 Å². The van der Waals surface area contributed by atoms with E-state index >= 15 is 0 Å². The number of fused-ring (bicyclic) bond motifs is 2. The fraction of sp³-hybridized carbons (Fsp3) is 0.458. The summed E-state index contributed by atoms with van der Waals surface area (Å²) in [6.45, 7) is 3.18. The maximum absolute atomic E-state index is 13.0. The normalized spacial score (nSPS) is 15.8. The van der Waals surface area contributed by atoms with Crippen molar-refractivity contribution in [3.05, 3.63) is 52.1 Å². The highest BCUT2D eigenvalue weighted by Crippen LogP contribution is 2.38. The highest BCUT2D eigenvalue weighted by Gasteiger charge is 2.35. The average molecular weight is 434 g/mol. The minimum absolute atomic E-state index is 0.0388. The third-order valence-corrected chi connectivity index (χ3v) is 5.94. The molecule has 0 bridgehead atoms. The number of hydrogen-bond acceptors (Lipinski definition) is 7. The Hall–Kier alpha value is -3.47. The number of amides is 1. The molecule has 2 aliphatic carbocycles. The number of nitrogens with one attached hydrogen (secondary N) is 1. The Morgan fingerprint density at radius 2 is 1.72 bits per heavy atom. The molecular formula is C24H26N4O4. The smallest absolute Gasteiger partial charge is 0.414 e. The van der Waals surface area contributed by atoms with Crippen molar-refractivity contribution in [3.63, 3.8) is 0 Å². The highest BCUT2D eigenvalue weighted by atomic mass is 16.7. The number of benzene rings is 1. The van der Waals surface area contributed by atoms with Crippen LogP contribution in [0.2, 0.25) is 0 Å². The number of hydrogen-bond donors (Lipinski definition) is 1. The van der Waals surface area contributed by atoms with Crippen LogP contribution in [-0.2, 0) is 46.4 Å². The van der Waals surface area contributed by atoms with Crippen LogP contribution in [0.3, 0.4) is 0 Å². The van der Waals surface area contributed by atoms with Gasteiger partial charge in [-0.2, -0.15) is 5.26 Å². The predicted molar refractivity (Wildman–Crippen MR) is 116 cm³/mol. The summed E-state index contributed by atoms with van der Waals surface area (Å²) < 4.78 is 11.1. The van der Waals surface area contributed by atoms with Crippen molar-refractivity contribution in [1.82, 2.24) is 9.97 Å². The Morgan fingerprint density at radius 3 is 2.28 bits per heavy atom. The van der Waals surface area contributed by atoms with Gasteiger partial charge < -0.3 is 9.47 Å². The number of nitriles is 1. The molecule has 1 unspecified atom stereocenters. The summed E-state index contributed by atoms with van der Waals surface area (Å²) in [5, 5.41) is 11.9. The van der Waals surface area contributed by atoms with Crippen molar-refractivity contribution < 1.29 is 19.1 Å². The van der Waals surface area contributed by atoms with Crippen LogP contribution in [0, 0.1) is 11.3 Å². The fourth-order valence-electron chi connectivity index (χ4n) is 4.49. The van der Waals surface area contributed by atoms with Crippen molar-refractivity contribution in [3.8, 4) is 6.07 Å². The van der Waals surface area contributed by atoms with Gasteiger partial charge in [-0.05, 0) is 60.8 Å². The monoisotopic (exact) mass is 434 g/mol. The lowest BCUT2D eigenvalue weighted by atomic mass is 9.99. The molecule has 0 spiro atoms. The second-order valence-corrected chi connectivity index (χ2v) is 8.39. The Labute approximate surface area is 187 Å². The molecule has 8 heteroatoms. The molecule has 0 radical (unpaired) electrons.